The van der Waals surface area contributed by atoms with Crippen LogP contribution in [0.2, 0.25) is 0 Å². The average molecular weight is 274 g/mol. The van der Waals surface area contributed by atoms with E-state index in [4.69, 9.17) is 0 Å². The molecular weight excluding hydrogens is 259 g/mol. The molecule has 1 aliphatic carbocycles. The van der Waals surface area contributed by atoms with Gasteiger partial charge in [0.05, 0.1) is 0 Å². The molecule has 3 rings (SSSR count). The lowest BCUT2D eigenvalue weighted by Gasteiger charge is -2.07. The van der Waals surface area contributed by atoms with E-state index in [0.29, 0.717) is 6.04 Å². The number of rotatable bonds is 5. The fraction of sp³-hybridized carbons (Fsp3) is 0.267. The van der Waals surface area contributed by atoms with E-state index in [2.05, 4.69) is 10.3 Å². The molecule has 0 radical (unpaired) electrons. The second kappa shape index (κ2) is 5.72. The Morgan fingerprint density at radius 3 is 2.68 bits per heavy atom. The zero-order valence-corrected chi connectivity index (χ0v) is 11.3. The quantitative estimate of drug-likeness (QED) is 0.901. The van der Waals surface area contributed by atoms with Gasteiger partial charge in [-0.3, -0.25) is 4.98 Å². The van der Waals surface area contributed by atoms with Crippen molar-refractivity contribution >= 4 is 11.8 Å². The second-order valence-corrected chi connectivity index (χ2v) is 5.88. The van der Waals surface area contributed by atoms with E-state index in [1.54, 1.807) is 36.3 Å². The second-order valence-electron chi connectivity index (χ2n) is 4.74. The summed E-state index contributed by atoms with van der Waals surface area (Å²) in [6, 6.07) is 9.72. The molecule has 1 saturated carbocycles. The van der Waals surface area contributed by atoms with Gasteiger partial charge in [0.15, 0.2) is 0 Å². The minimum absolute atomic E-state index is 0.174. The molecule has 1 aromatic carbocycles. The van der Waals surface area contributed by atoms with Gasteiger partial charge in [-0.1, -0.05) is 11.8 Å². The van der Waals surface area contributed by atoms with Crippen LogP contribution in [0.4, 0.5) is 4.39 Å². The van der Waals surface area contributed by atoms with Gasteiger partial charge in [-0.2, -0.15) is 0 Å². The molecule has 0 saturated heterocycles. The van der Waals surface area contributed by atoms with Crippen molar-refractivity contribution in [3.63, 3.8) is 0 Å². The molecule has 1 N–H and O–H groups in total. The molecule has 4 heteroatoms. The molecule has 0 spiro atoms. The van der Waals surface area contributed by atoms with Crippen LogP contribution in [0, 0.1) is 5.82 Å². The van der Waals surface area contributed by atoms with Crippen LogP contribution in [0.15, 0.2) is 52.5 Å². The normalized spacial score (nSPS) is 14.6. The Morgan fingerprint density at radius 1 is 1.16 bits per heavy atom. The number of benzene rings is 1. The third-order valence-corrected chi connectivity index (χ3v) is 3.97. The van der Waals surface area contributed by atoms with E-state index >= 15 is 0 Å². The van der Waals surface area contributed by atoms with Crippen molar-refractivity contribution in [2.75, 3.05) is 0 Å². The first-order valence-electron chi connectivity index (χ1n) is 6.40. The number of halogens is 1. The summed E-state index contributed by atoms with van der Waals surface area (Å²) >= 11 is 1.56. The highest BCUT2D eigenvalue weighted by molar-refractivity contribution is 7.99. The molecule has 2 nitrogen and oxygen atoms in total. The fourth-order valence-corrected chi connectivity index (χ4v) is 2.79. The predicted molar refractivity (Wildman–Crippen MR) is 74.6 cm³/mol. The third kappa shape index (κ3) is 3.78. The van der Waals surface area contributed by atoms with E-state index in [1.165, 1.54) is 12.8 Å². The minimum Gasteiger partial charge on any atom is -0.310 e. The van der Waals surface area contributed by atoms with Crippen molar-refractivity contribution in [1.82, 2.24) is 10.3 Å². The van der Waals surface area contributed by atoms with E-state index in [1.807, 2.05) is 18.2 Å². The first-order chi connectivity index (χ1) is 9.29. The van der Waals surface area contributed by atoms with E-state index in [0.717, 1.165) is 21.9 Å². The average Bonchev–Trinajstić information content (AvgIpc) is 3.21. The largest absolute Gasteiger partial charge is 0.310 e. The zero-order valence-electron chi connectivity index (χ0n) is 10.5. The summed E-state index contributed by atoms with van der Waals surface area (Å²) in [5.74, 6) is -0.174. The number of hydrogen-bond acceptors (Lipinski definition) is 3. The van der Waals surface area contributed by atoms with Gasteiger partial charge in [0, 0.05) is 34.8 Å². The van der Waals surface area contributed by atoms with Crippen molar-refractivity contribution in [3.05, 3.63) is 54.1 Å². The number of nitrogens with zero attached hydrogens (tertiary/aromatic N) is 1. The molecule has 2 aromatic rings. The molecule has 0 amide bonds. The van der Waals surface area contributed by atoms with E-state index in [9.17, 15) is 4.39 Å². The van der Waals surface area contributed by atoms with Crippen LogP contribution >= 0.6 is 11.8 Å². The first-order valence-corrected chi connectivity index (χ1v) is 7.22. The number of hydrogen-bond donors (Lipinski definition) is 1. The van der Waals surface area contributed by atoms with Crippen LogP contribution in [0.25, 0.3) is 0 Å². The highest BCUT2D eigenvalue weighted by Crippen LogP contribution is 2.28. The van der Waals surface area contributed by atoms with Crippen molar-refractivity contribution in [2.45, 2.75) is 35.2 Å². The minimum atomic E-state index is -0.174. The molecule has 0 atom stereocenters. The monoisotopic (exact) mass is 274 g/mol. The number of aromatic nitrogens is 1. The summed E-state index contributed by atoms with van der Waals surface area (Å²) in [7, 11) is 0. The smallest absolute Gasteiger partial charge is 0.124 e. The molecule has 0 unspecified atom stereocenters. The van der Waals surface area contributed by atoms with Crippen molar-refractivity contribution < 1.29 is 4.39 Å². The van der Waals surface area contributed by atoms with Gasteiger partial charge in [0.25, 0.3) is 0 Å². The third-order valence-electron chi connectivity index (χ3n) is 2.99. The molecule has 1 fully saturated rings. The van der Waals surface area contributed by atoms with E-state index in [-0.39, 0.29) is 5.82 Å². The SMILES string of the molecule is Fc1cc(CNC2CC2)cc(Sc2ccncc2)c1. The Balaban J connectivity index is 1.72. The highest BCUT2D eigenvalue weighted by atomic mass is 32.2. The van der Waals surface area contributed by atoms with Gasteiger partial charge in [0.2, 0.25) is 0 Å². The molecular formula is C15H15FN2S. The maximum Gasteiger partial charge on any atom is 0.124 e. The Bertz CT molecular complexity index is 555. The molecule has 0 bridgehead atoms. The highest BCUT2D eigenvalue weighted by Gasteiger charge is 2.20. The Kier molecular flexibility index (Phi) is 3.80. The summed E-state index contributed by atoms with van der Waals surface area (Å²) in [5.41, 5.74) is 1.00. The first kappa shape index (κ1) is 12.6. The summed E-state index contributed by atoms with van der Waals surface area (Å²) in [4.78, 5) is 5.98. The molecule has 1 aliphatic rings. The fourth-order valence-electron chi connectivity index (χ4n) is 1.87. The lowest BCUT2D eigenvalue weighted by Crippen LogP contribution is -2.15. The van der Waals surface area contributed by atoms with Crippen LogP contribution in [0.1, 0.15) is 18.4 Å². The summed E-state index contributed by atoms with van der Waals surface area (Å²) in [5, 5.41) is 3.41. The van der Waals surface area contributed by atoms with Crippen LogP contribution < -0.4 is 5.32 Å². The van der Waals surface area contributed by atoms with Gasteiger partial charge in [-0.15, -0.1) is 0 Å². The van der Waals surface area contributed by atoms with Crippen molar-refractivity contribution in [1.29, 1.82) is 0 Å². The number of pyridine rings is 1. The van der Waals surface area contributed by atoms with Gasteiger partial charge >= 0.3 is 0 Å². The van der Waals surface area contributed by atoms with Crippen molar-refractivity contribution in [2.24, 2.45) is 0 Å². The van der Waals surface area contributed by atoms with Crippen LogP contribution in [0.5, 0.6) is 0 Å². The molecule has 19 heavy (non-hydrogen) atoms. The number of nitrogens with one attached hydrogen (secondary N) is 1. The summed E-state index contributed by atoms with van der Waals surface area (Å²) in [6.07, 6.45) is 5.98. The molecule has 1 heterocycles. The summed E-state index contributed by atoms with van der Waals surface area (Å²) in [6.45, 7) is 0.742. The standard InChI is InChI=1S/C15H15FN2S/c16-12-7-11(10-18-13-1-2-13)8-15(9-12)19-14-3-5-17-6-4-14/h3-9,13,18H,1-2,10H2. The van der Waals surface area contributed by atoms with Gasteiger partial charge in [0.1, 0.15) is 5.82 Å². The van der Waals surface area contributed by atoms with Crippen LogP contribution in [-0.2, 0) is 6.54 Å². The van der Waals surface area contributed by atoms with Gasteiger partial charge < -0.3 is 5.32 Å². The van der Waals surface area contributed by atoms with Crippen LogP contribution in [-0.4, -0.2) is 11.0 Å². The maximum atomic E-state index is 13.6. The lowest BCUT2D eigenvalue weighted by molar-refractivity contribution is 0.615. The van der Waals surface area contributed by atoms with Gasteiger partial charge in [-0.05, 0) is 48.7 Å². The zero-order chi connectivity index (χ0) is 13.1. The Hall–Kier alpha value is -1.39. The van der Waals surface area contributed by atoms with Crippen molar-refractivity contribution in [3.8, 4) is 0 Å². The van der Waals surface area contributed by atoms with Gasteiger partial charge in [-0.25, -0.2) is 4.39 Å². The predicted octanol–water partition coefficient (Wildman–Crippen LogP) is 3.62. The Morgan fingerprint density at radius 2 is 1.95 bits per heavy atom. The molecule has 0 aliphatic heterocycles. The molecule has 98 valence electrons. The van der Waals surface area contributed by atoms with Crippen LogP contribution in [0.3, 0.4) is 0 Å². The van der Waals surface area contributed by atoms with E-state index < -0.39 is 0 Å². The maximum absolute atomic E-state index is 13.6. The Labute approximate surface area is 116 Å². The topological polar surface area (TPSA) is 24.9 Å². The lowest BCUT2D eigenvalue weighted by atomic mass is 10.2. The molecule has 1 aromatic heterocycles. The summed E-state index contributed by atoms with van der Waals surface area (Å²) < 4.78 is 13.6.